The van der Waals surface area contributed by atoms with E-state index < -0.39 is 0 Å². The fourth-order valence-electron chi connectivity index (χ4n) is 3.20. The van der Waals surface area contributed by atoms with Crippen LogP contribution in [0, 0.1) is 6.92 Å². The van der Waals surface area contributed by atoms with Gasteiger partial charge in [-0.2, -0.15) is 5.10 Å². The van der Waals surface area contributed by atoms with E-state index in [2.05, 4.69) is 22.2 Å². The molecule has 1 aromatic heterocycles. The number of aryl methyl sites for hydroxylation is 2. The Morgan fingerprint density at radius 1 is 1.19 bits per heavy atom. The molecule has 1 N–H and O–H groups in total. The minimum absolute atomic E-state index is 0.120. The maximum Gasteiger partial charge on any atom is 0.131 e. The summed E-state index contributed by atoms with van der Waals surface area (Å²) in [6.07, 6.45) is 2.84. The van der Waals surface area contributed by atoms with Crippen LogP contribution < -0.4 is 10.2 Å². The van der Waals surface area contributed by atoms with E-state index in [9.17, 15) is 0 Å². The summed E-state index contributed by atoms with van der Waals surface area (Å²) >= 11 is 0. The number of anilines is 1. The van der Waals surface area contributed by atoms with Gasteiger partial charge in [0, 0.05) is 52.5 Å². The number of aromatic nitrogens is 2. The van der Waals surface area contributed by atoms with E-state index in [1.54, 1.807) is 14.2 Å². The molecule has 1 aliphatic heterocycles. The van der Waals surface area contributed by atoms with E-state index in [1.165, 1.54) is 24.2 Å². The fourth-order valence-corrected chi connectivity index (χ4v) is 3.20. The first-order chi connectivity index (χ1) is 10.1. The third kappa shape index (κ3) is 2.93. The molecular weight excluding hydrogens is 268 g/mol. The predicted molar refractivity (Wildman–Crippen MR) is 81.6 cm³/mol. The Morgan fingerprint density at radius 3 is 2.33 bits per heavy atom. The predicted octanol–water partition coefficient (Wildman–Crippen LogP) is 0.831. The molecule has 2 aliphatic rings. The van der Waals surface area contributed by atoms with Crippen molar-refractivity contribution in [2.45, 2.75) is 44.6 Å². The maximum atomic E-state index is 5.55. The van der Waals surface area contributed by atoms with Crippen LogP contribution in [-0.4, -0.2) is 55.3 Å². The highest BCUT2D eigenvalue weighted by atomic mass is 16.5. The second-order valence-corrected chi connectivity index (χ2v) is 6.12. The van der Waals surface area contributed by atoms with Crippen LogP contribution >= 0.6 is 0 Å². The molecule has 1 aromatic rings. The summed E-state index contributed by atoms with van der Waals surface area (Å²) in [4.78, 5) is 2.34. The van der Waals surface area contributed by atoms with Crippen LogP contribution in [0.15, 0.2) is 0 Å². The lowest BCUT2D eigenvalue weighted by Gasteiger charge is -2.20. The molecule has 1 aliphatic carbocycles. The summed E-state index contributed by atoms with van der Waals surface area (Å²) in [5.41, 5.74) is 2.41. The molecule has 0 bridgehead atoms. The van der Waals surface area contributed by atoms with Gasteiger partial charge in [-0.05, 0) is 19.8 Å². The topological polar surface area (TPSA) is 51.5 Å². The van der Waals surface area contributed by atoms with Crippen LogP contribution in [0.5, 0.6) is 0 Å². The lowest BCUT2D eigenvalue weighted by atomic mass is 10.2. The first-order valence-corrected chi connectivity index (χ1v) is 7.70. The van der Waals surface area contributed by atoms with E-state index in [0.29, 0.717) is 6.04 Å². The second-order valence-electron chi connectivity index (χ2n) is 6.12. The average Bonchev–Trinajstić information content (AvgIpc) is 3.13. The van der Waals surface area contributed by atoms with Gasteiger partial charge in [-0.25, -0.2) is 0 Å². The fraction of sp³-hybridized carbons (Fsp3) is 0.800. The van der Waals surface area contributed by atoms with E-state index >= 15 is 0 Å². The molecule has 2 fully saturated rings. The second kappa shape index (κ2) is 5.94. The van der Waals surface area contributed by atoms with Crippen LogP contribution in [0.4, 0.5) is 5.82 Å². The molecule has 21 heavy (non-hydrogen) atoms. The number of methoxy groups -OCH3 is 2. The Morgan fingerprint density at radius 2 is 1.81 bits per heavy atom. The summed E-state index contributed by atoms with van der Waals surface area (Å²) < 4.78 is 13.1. The van der Waals surface area contributed by atoms with Crippen LogP contribution in [0.25, 0.3) is 0 Å². The van der Waals surface area contributed by atoms with Gasteiger partial charge in [-0.15, -0.1) is 0 Å². The normalized spacial score (nSPS) is 25.8. The van der Waals surface area contributed by atoms with Gasteiger partial charge in [-0.1, -0.05) is 0 Å². The van der Waals surface area contributed by atoms with E-state index in [1.807, 2.05) is 11.7 Å². The van der Waals surface area contributed by atoms with Crippen LogP contribution in [0.3, 0.4) is 0 Å². The summed E-state index contributed by atoms with van der Waals surface area (Å²) in [6.45, 7) is 4.69. The molecule has 2 heterocycles. The molecular formula is C15H26N4O2. The van der Waals surface area contributed by atoms with Gasteiger partial charge in [0.15, 0.2) is 0 Å². The van der Waals surface area contributed by atoms with Crippen LogP contribution in [-0.2, 0) is 23.1 Å². The molecule has 0 radical (unpaired) electrons. The number of rotatable bonds is 6. The van der Waals surface area contributed by atoms with Crippen molar-refractivity contribution in [3.05, 3.63) is 11.3 Å². The van der Waals surface area contributed by atoms with E-state index in [-0.39, 0.29) is 12.2 Å². The van der Waals surface area contributed by atoms with Gasteiger partial charge in [-0.3, -0.25) is 4.68 Å². The molecule has 6 heteroatoms. The quantitative estimate of drug-likeness (QED) is 0.842. The SMILES string of the molecule is COC1CN(c2c(CNC3CC3)c(C)nn2C)CC1OC. The van der Waals surface area contributed by atoms with Crippen molar-refractivity contribution >= 4 is 5.82 Å². The van der Waals surface area contributed by atoms with Crippen molar-refractivity contribution in [2.75, 3.05) is 32.2 Å². The first-order valence-electron chi connectivity index (χ1n) is 7.70. The average molecular weight is 294 g/mol. The molecule has 2 atom stereocenters. The third-order valence-electron chi connectivity index (χ3n) is 4.58. The van der Waals surface area contributed by atoms with Gasteiger partial charge in [0.05, 0.1) is 5.69 Å². The molecule has 118 valence electrons. The Bertz CT molecular complexity index is 486. The lowest BCUT2D eigenvalue weighted by molar-refractivity contribution is -0.00461. The standard InChI is InChI=1S/C15H26N4O2/c1-10-12(7-16-11-5-6-11)15(18(2)17-10)19-8-13(20-3)14(9-19)21-4/h11,13-14,16H,5-9H2,1-4H3. The highest BCUT2D eigenvalue weighted by Crippen LogP contribution is 2.29. The van der Waals surface area contributed by atoms with Crippen LogP contribution in [0.2, 0.25) is 0 Å². The minimum Gasteiger partial charge on any atom is -0.377 e. The monoisotopic (exact) mass is 294 g/mol. The molecule has 6 nitrogen and oxygen atoms in total. The van der Waals surface area contributed by atoms with Gasteiger partial charge < -0.3 is 19.7 Å². The lowest BCUT2D eigenvalue weighted by Crippen LogP contribution is -2.27. The number of hydrogen-bond donors (Lipinski definition) is 1. The van der Waals surface area contributed by atoms with Crippen molar-refractivity contribution < 1.29 is 9.47 Å². The van der Waals surface area contributed by atoms with Crippen molar-refractivity contribution in [1.82, 2.24) is 15.1 Å². The van der Waals surface area contributed by atoms with Crippen molar-refractivity contribution in [2.24, 2.45) is 7.05 Å². The molecule has 1 saturated carbocycles. The summed E-state index contributed by atoms with van der Waals surface area (Å²) in [5, 5.41) is 8.21. The zero-order valence-electron chi connectivity index (χ0n) is 13.4. The van der Waals surface area contributed by atoms with Crippen LogP contribution in [0.1, 0.15) is 24.1 Å². The highest BCUT2D eigenvalue weighted by Gasteiger charge is 2.36. The van der Waals surface area contributed by atoms with Crippen molar-refractivity contribution in [3.8, 4) is 0 Å². The van der Waals surface area contributed by atoms with Gasteiger partial charge in [0.1, 0.15) is 18.0 Å². The number of hydrogen-bond acceptors (Lipinski definition) is 5. The Kier molecular flexibility index (Phi) is 4.19. The van der Waals surface area contributed by atoms with E-state index in [4.69, 9.17) is 9.47 Å². The van der Waals surface area contributed by atoms with Gasteiger partial charge >= 0.3 is 0 Å². The van der Waals surface area contributed by atoms with Gasteiger partial charge in [0.2, 0.25) is 0 Å². The Hall–Kier alpha value is -1.11. The molecule has 0 spiro atoms. The van der Waals surface area contributed by atoms with Crippen molar-refractivity contribution in [1.29, 1.82) is 0 Å². The summed E-state index contributed by atoms with van der Waals surface area (Å²) in [7, 11) is 5.53. The Labute approximate surface area is 126 Å². The van der Waals surface area contributed by atoms with Gasteiger partial charge in [0.25, 0.3) is 0 Å². The van der Waals surface area contributed by atoms with Crippen molar-refractivity contribution in [3.63, 3.8) is 0 Å². The zero-order valence-corrected chi connectivity index (χ0v) is 13.4. The molecule has 2 unspecified atom stereocenters. The maximum absolute atomic E-state index is 5.55. The largest absolute Gasteiger partial charge is 0.377 e. The van der Waals surface area contributed by atoms with E-state index in [0.717, 1.165) is 25.3 Å². The summed E-state index contributed by atoms with van der Waals surface area (Å²) in [5.74, 6) is 1.20. The zero-order chi connectivity index (χ0) is 15.0. The smallest absolute Gasteiger partial charge is 0.131 e. The highest BCUT2D eigenvalue weighted by molar-refractivity contribution is 5.51. The summed E-state index contributed by atoms with van der Waals surface area (Å²) in [6, 6.07) is 0.703. The first kappa shape index (κ1) is 14.8. The Balaban J connectivity index is 1.80. The molecule has 0 amide bonds. The minimum atomic E-state index is 0.120. The molecule has 1 saturated heterocycles. The number of nitrogens with zero attached hydrogens (tertiary/aromatic N) is 3. The molecule has 0 aromatic carbocycles. The number of nitrogens with one attached hydrogen (secondary N) is 1. The number of ether oxygens (including phenoxy) is 2. The third-order valence-corrected chi connectivity index (χ3v) is 4.58. The molecule has 3 rings (SSSR count).